The molecule has 0 atom stereocenters. The third kappa shape index (κ3) is 3.62. The van der Waals surface area contributed by atoms with Crippen LogP contribution in [-0.4, -0.2) is 29.7 Å². The van der Waals surface area contributed by atoms with Crippen molar-refractivity contribution in [2.45, 2.75) is 26.0 Å². The molecule has 1 aliphatic heterocycles. The first-order valence-electron chi connectivity index (χ1n) is 7.31. The van der Waals surface area contributed by atoms with Gasteiger partial charge in [-0.3, -0.25) is 4.79 Å². The van der Waals surface area contributed by atoms with E-state index in [9.17, 15) is 4.79 Å². The van der Waals surface area contributed by atoms with E-state index in [0.717, 1.165) is 24.3 Å². The number of ether oxygens (including phenoxy) is 1. The van der Waals surface area contributed by atoms with Gasteiger partial charge in [-0.15, -0.1) is 0 Å². The molecule has 122 valence electrons. The summed E-state index contributed by atoms with van der Waals surface area (Å²) in [5.74, 6) is 1.07. The van der Waals surface area contributed by atoms with Crippen molar-refractivity contribution in [2.24, 2.45) is 0 Å². The molecule has 0 aliphatic carbocycles. The Labute approximate surface area is 138 Å². The lowest BCUT2D eigenvalue weighted by Gasteiger charge is -2.17. The van der Waals surface area contributed by atoms with E-state index in [1.54, 1.807) is 18.1 Å². The van der Waals surface area contributed by atoms with Gasteiger partial charge in [0.15, 0.2) is 5.82 Å². The third-order valence-electron chi connectivity index (χ3n) is 3.55. The van der Waals surface area contributed by atoms with Crippen molar-refractivity contribution in [2.75, 3.05) is 23.9 Å². The molecule has 0 saturated carbocycles. The average Bonchev–Trinajstić information content (AvgIpc) is 3.16. The Morgan fingerprint density at radius 3 is 3.09 bits per heavy atom. The van der Waals surface area contributed by atoms with E-state index < -0.39 is 0 Å². The van der Waals surface area contributed by atoms with E-state index in [0.29, 0.717) is 36.3 Å². The van der Waals surface area contributed by atoms with Crippen LogP contribution in [-0.2, 0) is 22.7 Å². The molecule has 2 heterocycles. The number of carbonyl (C=O) groups excluding carboxylic acids is 1. The summed E-state index contributed by atoms with van der Waals surface area (Å²) in [7, 11) is 1.57. The first kappa shape index (κ1) is 15.8. The summed E-state index contributed by atoms with van der Waals surface area (Å²) in [6.45, 7) is 1.38. The minimum atomic E-state index is 0.138. The fourth-order valence-corrected chi connectivity index (χ4v) is 2.64. The van der Waals surface area contributed by atoms with Crippen molar-refractivity contribution in [3.8, 4) is 0 Å². The zero-order valence-electron chi connectivity index (χ0n) is 12.7. The molecule has 7 nitrogen and oxygen atoms in total. The highest BCUT2D eigenvalue weighted by Gasteiger charge is 2.22. The van der Waals surface area contributed by atoms with E-state index >= 15 is 0 Å². The second-order valence-electron chi connectivity index (χ2n) is 5.20. The maximum Gasteiger partial charge on any atom is 0.246 e. The van der Waals surface area contributed by atoms with Crippen LogP contribution in [0.5, 0.6) is 0 Å². The van der Waals surface area contributed by atoms with Gasteiger partial charge < -0.3 is 19.5 Å². The van der Waals surface area contributed by atoms with Gasteiger partial charge in [-0.1, -0.05) is 16.8 Å². The van der Waals surface area contributed by atoms with Crippen LogP contribution >= 0.6 is 11.6 Å². The van der Waals surface area contributed by atoms with Crippen LogP contribution < -0.4 is 10.2 Å². The number of amides is 1. The Balaban J connectivity index is 1.70. The Kier molecular flexibility index (Phi) is 4.78. The molecule has 1 fully saturated rings. The lowest BCUT2D eigenvalue weighted by atomic mass is 10.2. The largest absolute Gasteiger partial charge is 0.377 e. The highest BCUT2D eigenvalue weighted by atomic mass is 35.5. The molecule has 0 bridgehead atoms. The predicted molar refractivity (Wildman–Crippen MR) is 85.4 cm³/mol. The smallest absolute Gasteiger partial charge is 0.246 e. The summed E-state index contributed by atoms with van der Waals surface area (Å²) >= 11 is 6.21. The van der Waals surface area contributed by atoms with Crippen molar-refractivity contribution in [1.29, 1.82) is 0 Å². The summed E-state index contributed by atoms with van der Waals surface area (Å²) < 4.78 is 10.1. The van der Waals surface area contributed by atoms with Crippen LogP contribution in [0.4, 0.5) is 11.4 Å². The molecule has 1 aromatic carbocycles. The fourth-order valence-electron chi connectivity index (χ4n) is 2.46. The van der Waals surface area contributed by atoms with Crippen LogP contribution in [0.2, 0.25) is 5.02 Å². The average molecular weight is 337 g/mol. The molecule has 8 heteroatoms. The van der Waals surface area contributed by atoms with Gasteiger partial charge in [-0.2, -0.15) is 4.98 Å². The Hall–Kier alpha value is -2.12. The van der Waals surface area contributed by atoms with Gasteiger partial charge in [0.2, 0.25) is 11.8 Å². The molecular formula is C15H17ClN4O3. The van der Waals surface area contributed by atoms with Crippen LogP contribution in [0.3, 0.4) is 0 Å². The first-order chi connectivity index (χ1) is 11.2. The van der Waals surface area contributed by atoms with Gasteiger partial charge in [-0.05, 0) is 24.6 Å². The van der Waals surface area contributed by atoms with Gasteiger partial charge in [0.25, 0.3) is 0 Å². The topological polar surface area (TPSA) is 80.5 Å². The van der Waals surface area contributed by atoms with Crippen molar-refractivity contribution < 1.29 is 14.1 Å². The molecule has 1 N–H and O–H groups in total. The van der Waals surface area contributed by atoms with E-state index in [4.69, 9.17) is 20.9 Å². The number of carbonyl (C=O) groups is 1. The van der Waals surface area contributed by atoms with E-state index in [-0.39, 0.29) is 5.91 Å². The second kappa shape index (κ2) is 6.97. The van der Waals surface area contributed by atoms with Gasteiger partial charge >= 0.3 is 0 Å². The standard InChI is InChI=1S/C15H17ClN4O3/c1-22-9-13-18-14(23-19-13)8-17-12-7-10(4-5-11(12)16)20-6-2-3-15(20)21/h4-5,7,17H,2-3,6,8-9H2,1H3. The first-order valence-corrected chi connectivity index (χ1v) is 7.69. The molecule has 23 heavy (non-hydrogen) atoms. The van der Waals surface area contributed by atoms with E-state index in [2.05, 4.69) is 15.5 Å². The van der Waals surface area contributed by atoms with Crippen LogP contribution in [0.15, 0.2) is 22.7 Å². The number of anilines is 2. The van der Waals surface area contributed by atoms with Crippen molar-refractivity contribution in [3.05, 3.63) is 34.9 Å². The van der Waals surface area contributed by atoms with E-state index in [1.165, 1.54) is 0 Å². The number of rotatable bonds is 6. The number of benzene rings is 1. The molecule has 0 unspecified atom stereocenters. The van der Waals surface area contributed by atoms with Crippen molar-refractivity contribution in [3.63, 3.8) is 0 Å². The number of nitrogens with zero attached hydrogens (tertiary/aromatic N) is 3. The van der Waals surface area contributed by atoms with E-state index in [1.807, 2.05) is 12.1 Å². The van der Waals surface area contributed by atoms with Crippen molar-refractivity contribution in [1.82, 2.24) is 10.1 Å². The SMILES string of the molecule is COCc1noc(CNc2cc(N3CCCC3=O)ccc2Cl)n1. The monoisotopic (exact) mass is 336 g/mol. The zero-order chi connectivity index (χ0) is 16.2. The fraction of sp³-hybridized carbons (Fsp3) is 0.400. The maximum atomic E-state index is 11.8. The quantitative estimate of drug-likeness (QED) is 0.873. The molecule has 1 saturated heterocycles. The Morgan fingerprint density at radius 2 is 2.35 bits per heavy atom. The lowest BCUT2D eigenvalue weighted by Crippen LogP contribution is -2.23. The van der Waals surface area contributed by atoms with Gasteiger partial charge in [0.1, 0.15) is 6.61 Å². The van der Waals surface area contributed by atoms with Gasteiger partial charge in [-0.25, -0.2) is 0 Å². The molecule has 1 amide bonds. The molecule has 0 radical (unpaired) electrons. The summed E-state index contributed by atoms with van der Waals surface area (Å²) in [5.41, 5.74) is 1.56. The number of nitrogens with one attached hydrogen (secondary N) is 1. The summed E-state index contributed by atoms with van der Waals surface area (Å²) in [6, 6.07) is 5.48. The number of hydrogen-bond donors (Lipinski definition) is 1. The zero-order valence-corrected chi connectivity index (χ0v) is 13.5. The summed E-state index contributed by atoms with van der Waals surface area (Å²) in [4.78, 5) is 17.8. The second-order valence-corrected chi connectivity index (χ2v) is 5.61. The molecule has 2 aromatic rings. The normalized spacial score (nSPS) is 14.5. The molecular weight excluding hydrogens is 320 g/mol. The summed E-state index contributed by atoms with van der Waals surface area (Å²) in [6.07, 6.45) is 1.48. The predicted octanol–water partition coefficient (Wildman–Crippen LogP) is 2.61. The number of aromatic nitrogens is 2. The van der Waals surface area contributed by atoms with Crippen LogP contribution in [0.1, 0.15) is 24.6 Å². The number of hydrogen-bond acceptors (Lipinski definition) is 6. The third-order valence-corrected chi connectivity index (χ3v) is 3.88. The minimum Gasteiger partial charge on any atom is -0.377 e. The number of halogens is 1. The number of methoxy groups -OCH3 is 1. The highest BCUT2D eigenvalue weighted by molar-refractivity contribution is 6.33. The van der Waals surface area contributed by atoms with Gasteiger partial charge in [0, 0.05) is 25.8 Å². The highest BCUT2D eigenvalue weighted by Crippen LogP contribution is 2.30. The minimum absolute atomic E-state index is 0.138. The van der Waals surface area contributed by atoms with Gasteiger partial charge in [0.05, 0.1) is 17.3 Å². The van der Waals surface area contributed by atoms with Crippen LogP contribution in [0, 0.1) is 0 Å². The molecule has 0 spiro atoms. The lowest BCUT2D eigenvalue weighted by molar-refractivity contribution is -0.117. The Bertz CT molecular complexity index is 704. The maximum absolute atomic E-state index is 11.8. The Morgan fingerprint density at radius 1 is 1.48 bits per heavy atom. The summed E-state index contributed by atoms with van der Waals surface area (Å²) in [5, 5.41) is 7.52. The molecule has 1 aromatic heterocycles. The van der Waals surface area contributed by atoms with Crippen molar-refractivity contribution >= 4 is 28.9 Å². The van der Waals surface area contributed by atoms with Crippen LogP contribution in [0.25, 0.3) is 0 Å². The molecule has 1 aliphatic rings. The molecule has 3 rings (SSSR count).